The molecule has 2 unspecified atom stereocenters. The van der Waals surface area contributed by atoms with Crippen LogP contribution >= 0.6 is 0 Å². The summed E-state index contributed by atoms with van der Waals surface area (Å²) in [6.07, 6.45) is 2.51. The molecular weight excluding hydrogens is 289 g/mol. The predicted octanol–water partition coefficient (Wildman–Crippen LogP) is 3.16. The summed E-state index contributed by atoms with van der Waals surface area (Å²) in [5, 5.41) is 2.85. The minimum Gasteiger partial charge on any atom is -0.312 e. The highest BCUT2D eigenvalue weighted by Gasteiger charge is 2.45. The number of hydrogen-bond donors (Lipinski definition) is 1. The summed E-state index contributed by atoms with van der Waals surface area (Å²) >= 11 is 0. The molecule has 1 aromatic carbocycles. The minimum absolute atomic E-state index is 0.0840. The van der Waals surface area contributed by atoms with Crippen LogP contribution in [0.1, 0.15) is 40.0 Å². The summed E-state index contributed by atoms with van der Waals surface area (Å²) in [7, 11) is -3.53. The van der Waals surface area contributed by atoms with E-state index in [1.165, 1.54) is 18.2 Å². The summed E-state index contributed by atoms with van der Waals surface area (Å²) in [6, 6.07) is 5.23. The highest BCUT2D eigenvalue weighted by atomic mass is 32.2. The van der Waals surface area contributed by atoms with Crippen molar-refractivity contribution in [3.8, 4) is 0 Å². The fourth-order valence-electron chi connectivity index (χ4n) is 3.36. The molecule has 1 aliphatic rings. The van der Waals surface area contributed by atoms with Crippen molar-refractivity contribution in [2.45, 2.75) is 56.2 Å². The van der Waals surface area contributed by atoms with Gasteiger partial charge in [-0.25, -0.2) is 12.8 Å². The summed E-state index contributed by atoms with van der Waals surface area (Å²) in [4.78, 5) is 0.0908. The summed E-state index contributed by atoms with van der Waals surface area (Å²) in [6.45, 7) is 6.92. The second-order valence-electron chi connectivity index (χ2n) is 6.46. The Labute approximate surface area is 126 Å². The Morgan fingerprint density at radius 2 is 2.10 bits per heavy atom. The van der Waals surface area contributed by atoms with Gasteiger partial charge < -0.3 is 5.32 Å². The first-order valence-electron chi connectivity index (χ1n) is 7.52. The van der Waals surface area contributed by atoms with Crippen LogP contribution in [0.4, 0.5) is 4.39 Å². The van der Waals surface area contributed by atoms with Gasteiger partial charge in [-0.2, -0.15) is 0 Å². The number of sulfone groups is 1. The van der Waals surface area contributed by atoms with Crippen molar-refractivity contribution in [2.75, 3.05) is 6.54 Å². The van der Waals surface area contributed by atoms with Gasteiger partial charge >= 0.3 is 0 Å². The summed E-state index contributed by atoms with van der Waals surface area (Å²) < 4.78 is 39.2. The van der Waals surface area contributed by atoms with Crippen LogP contribution in [-0.2, 0) is 9.84 Å². The summed E-state index contributed by atoms with van der Waals surface area (Å²) in [5.41, 5.74) is -0.0840. The van der Waals surface area contributed by atoms with Crippen molar-refractivity contribution in [3.05, 3.63) is 30.1 Å². The number of rotatable bonds is 4. The third-order valence-corrected chi connectivity index (χ3v) is 6.69. The first-order chi connectivity index (χ1) is 9.79. The lowest BCUT2D eigenvalue weighted by Crippen LogP contribution is -2.55. The molecule has 118 valence electrons. The van der Waals surface area contributed by atoms with Gasteiger partial charge in [0.1, 0.15) is 5.82 Å². The Bertz CT molecular complexity index is 598. The van der Waals surface area contributed by atoms with E-state index in [1.54, 1.807) is 0 Å². The molecule has 0 spiro atoms. The molecule has 0 heterocycles. The summed E-state index contributed by atoms with van der Waals surface area (Å²) in [5.74, 6) is -0.508. The van der Waals surface area contributed by atoms with E-state index in [-0.39, 0.29) is 16.4 Å². The maximum atomic E-state index is 13.4. The Hall–Kier alpha value is -0.940. The van der Waals surface area contributed by atoms with Gasteiger partial charge in [0, 0.05) is 6.04 Å². The van der Waals surface area contributed by atoms with Crippen molar-refractivity contribution in [1.29, 1.82) is 0 Å². The molecule has 1 aromatic rings. The molecule has 21 heavy (non-hydrogen) atoms. The van der Waals surface area contributed by atoms with E-state index in [0.717, 1.165) is 25.5 Å². The van der Waals surface area contributed by atoms with Gasteiger partial charge in [-0.05, 0) is 43.0 Å². The van der Waals surface area contributed by atoms with Crippen LogP contribution in [0.5, 0.6) is 0 Å². The van der Waals surface area contributed by atoms with Gasteiger partial charge in [0.05, 0.1) is 10.1 Å². The second-order valence-corrected chi connectivity index (χ2v) is 8.62. The van der Waals surface area contributed by atoms with Gasteiger partial charge in [0.15, 0.2) is 9.84 Å². The van der Waals surface area contributed by atoms with E-state index in [1.807, 2.05) is 6.92 Å². The molecule has 0 radical (unpaired) electrons. The first-order valence-corrected chi connectivity index (χ1v) is 9.06. The molecule has 2 atom stereocenters. The molecule has 1 fully saturated rings. The Balaban J connectivity index is 2.41. The Kier molecular flexibility index (Phi) is 4.73. The van der Waals surface area contributed by atoms with Crippen LogP contribution in [0.25, 0.3) is 0 Å². The number of halogens is 1. The fraction of sp³-hybridized carbons (Fsp3) is 0.625. The Morgan fingerprint density at radius 1 is 1.38 bits per heavy atom. The average Bonchev–Trinajstić information content (AvgIpc) is 2.40. The lowest BCUT2D eigenvalue weighted by atomic mass is 9.73. The standard InChI is InChI=1S/C16H24FNO2S/c1-4-18-15-14(9-6-10-16(15,2)3)21(19,20)13-8-5-7-12(17)11-13/h5,7-8,11,14-15,18H,4,6,9-10H2,1-3H3. The molecule has 0 aromatic heterocycles. The predicted molar refractivity (Wildman–Crippen MR) is 82.5 cm³/mol. The van der Waals surface area contributed by atoms with Crippen molar-refractivity contribution >= 4 is 9.84 Å². The van der Waals surface area contributed by atoms with Gasteiger partial charge in [0.25, 0.3) is 0 Å². The molecule has 0 aliphatic heterocycles. The van der Waals surface area contributed by atoms with E-state index < -0.39 is 20.9 Å². The van der Waals surface area contributed by atoms with E-state index in [9.17, 15) is 12.8 Å². The van der Waals surface area contributed by atoms with Crippen molar-refractivity contribution in [2.24, 2.45) is 5.41 Å². The number of hydrogen-bond acceptors (Lipinski definition) is 3. The minimum atomic E-state index is -3.53. The zero-order valence-electron chi connectivity index (χ0n) is 12.9. The zero-order chi connectivity index (χ0) is 15.7. The van der Waals surface area contributed by atoms with Gasteiger partial charge in [-0.3, -0.25) is 0 Å². The van der Waals surface area contributed by atoms with E-state index in [2.05, 4.69) is 19.2 Å². The van der Waals surface area contributed by atoms with Crippen LogP contribution in [0.15, 0.2) is 29.2 Å². The second kappa shape index (κ2) is 6.05. The zero-order valence-corrected chi connectivity index (χ0v) is 13.7. The maximum absolute atomic E-state index is 13.4. The van der Waals surface area contributed by atoms with Crippen LogP contribution in [-0.4, -0.2) is 26.3 Å². The molecule has 2 rings (SSSR count). The van der Waals surface area contributed by atoms with Crippen molar-refractivity contribution in [1.82, 2.24) is 5.32 Å². The Morgan fingerprint density at radius 3 is 2.71 bits per heavy atom. The van der Waals surface area contributed by atoms with Gasteiger partial charge in [0.2, 0.25) is 0 Å². The maximum Gasteiger partial charge on any atom is 0.182 e. The van der Waals surface area contributed by atoms with Crippen LogP contribution in [0.2, 0.25) is 0 Å². The van der Waals surface area contributed by atoms with Crippen LogP contribution in [0.3, 0.4) is 0 Å². The van der Waals surface area contributed by atoms with Crippen molar-refractivity contribution in [3.63, 3.8) is 0 Å². The van der Waals surface area contributed by atoms with E-state index >= 15 is 0 Å². The van der Waals surface area contributed by atoms with E-state index in [4.69, 9.17) is 0 Å². The number of nitrogens with one attached hydrogen (secondary N) is 1. The highest BCUT2D eigenvalue weighted by molar-refractivity contribution is 7.92. The normalized spacial score (nSPS) is 25.7. The monoisotopic (exact) mass is 313 g/mol. The molecule has 5 heteroatoms. The molecule has 0 amide bonds. The van der Waals surface area contributed by atoms with Gasteiger partial charge in [-0.1, -0.05) is 33.3 Å². The molecule has 1 saturated carbocycles. The average molecular weight is 313 g/mol. The highest BCUT2D eigenvalue weighted by Crippen LogP contribution is 2.40. The van der Waals surface area contributed by atoms with Crippen LogP contribution < -0.4 is 5.32 Å². The van der Waals surface area contributed by atoms with E-state index in [0.29, 0.717) is 6.42 Å². The number of benzene rings is 1. The third kappa shape index (κ3) is 3.29. The molecule has 1 N–H and O–H groups in total. The molecule has 0 bridgehead atoms. The topological polar surface area (TPSA) is 46.2 Å². The first kappa shape index (κ1) is 16.4. The SMILES string of the molecule is CCNC1C(S(=O)(=O)c2cccc(F)c2)CCCC1(C)C. The largest absolute Gasteiger partial charge is 0.312 e. The fourth-order valence-corrected chi connectivity index (χ4v) is 5.56. The van der Waals surface area contributed by atoms with Crippen molar-refractivity contribution < 1.29 is 12.8 Å². The molecule has 1 aliphatic carbocycles. The molecule has 3 nitrogen and oxygen atoms in total. The molecule has 0 saturated heterocycles. The smallest absolute Gasteiger partial charge is 0.182 e. The quantitative estimate of drug-likeness (QED) is 0.929. The third-order valence-electron chi connectivity index (χ3n) is 4.47. The lowest BCUT2D eigenvalue weighted by molar-refractivity contribution is 0.172. The molecular formula is C16H24FNO2S. The van der Waals surface area contributed by atoms with Gasteiger partial charge in [-0.15, -0.1) is 0 Å². The van der Waals surface area contributed by atoms with Crippen LogP contribution in [0, 0.1) is 11.2 Å². The lowest BCUT2D eigenvalue weighted by Gasteiger charge is -2.44.